The van der Waals surface area contributed by atoms with Crippen molar-refractivity contribution >= 4 is 34.1 Å². The van der Waals surface area contributed by atoms with Crippen LogP contribution in [-0.2, 0) is 9.53 Å². The third kappa shape index (κ3) is 3.81. The Labute approximate surface area is 152 Å². The lowest BCUT2D eigenvalue weighted by molar-refractivity contribution is -0.119. The van der Waals surface area contributed by atoms with Crippen molar-refractivity contribution in [2.45, 2.75) is 0 Å². The summed E-state index contributed by atoms with van der Waals surface area (Å²) < 4.78 is 10.2. The lowest BCUT2D eigenvalue weighted by Crippen LogP contribution is -2.22. The van der Waals surface area contributed by atoms with Crippen molar-refractivity contribution in [3.8, 4) is 11.1 Å². The first-order valence-electron chi connectivity index (χ1n) is 7.53. The second kappa shape index (κ2) is 7.66. The monoisotopic (exact) mass is 370 g/mol. The SMILES string of the molecule is NC(=O)c1ccsc1NC(=O)COC(=O)c1occc1-c1ccccc1. The van der Waals surface area contributed by atoms with Crippen molar-refractivity contribution in [1.82, 2.24) is 0 Å². The Balaban J connectivity index is 1.63. The molecule has 132 valence electrons. The molecule has 3 N–H and O–H groups in total. The third-order valence-corrected chi connectivity index (χ3v) is 4.28. The van der Waals surface area contributed by atoms with Crippen molar-refractivity contribution in [3.05, 3.63) is 65.4 Å². The number of hydrogen-bond acceptors (Lipinski definition) is 6. The molecule has 0 spiro atoms. The summed E-state index contributed by atoms with van der Waals surface area (Å²) in [5, 5.41) is 4.42. The van der Waals surface area contributed by atoms with E-state index in [2.05, 4.69) is 5.32 Å². The molecule has 26 heavy (non-hydrogen) atoms. The molecule has 1 aromatic carbocycles. The molecule has 7 nitrogen and oxygen atoms in total. The average molecular weight is 370 g/mol. The second-order valence-corrected chi connectivity index (χ2v) is 6.10. The molecular formula is C18H14N2O5S. The van der Waals surface area contributed by atoms with Crippen LogP contribution in [0.2, 0.25) is 0 Å². The van der Waals surface area contributed by atoms with Crippen LogP contribution in [0.3, 0.4) is 0 Å². The molecule has 0 aliphatic heterocycles. The van der Waals surface area contributed by atoms with E-state index in [0.717, 1.165) is 16.9 Å². The van der Waals surface area contributed by atoms with Gasteiger partial charge in [0.05, 0.1) is 11.8 Å². The van der Waals surface area contributed by atoms with Gasteiger partial charge in [-0.25, -0.2) is 4.79 Å². The van der Waals surface area contributed by atoms with Gasteiger partial charge < -0.3 is 20.2 Å². The molecule has 0 unspecified atom stereocenters. The maximum atomic E-state index is 12.2. The van der Waals surface area contributed by atoms with E-state index in [1.165, 1.54) is 12.3 Å². The van der Waals surface area contributed by atoms with Crippen LogP contribution in [0.15, 0.2) is 58.5 Å². The number of primary amides is 1. The summed E-state index contributed by atoms with van der Waals surface area (Å²) in [7, 11) is 0. The zero-order valence-corrected chi connectivity index (χ0v) is 14.2. The molecule has 2 heterocycles. The maximum absolute atomic E-state index is 12.2. The highest BCUT2D eigenvalue weighted by Crippen LogP contribution is 2.25. The van der Waals surface area contributed by atoms with Crippen molar-refractivity contribution in [1.29, 1.82) is 0 Å². The molecule has 0 aliphatic rings. The Morgan fingerprint density at radius 3 is 2.62 bits per heavy atom. The number of benzene rings is 1. The summed E-state index contributed by atoms with van der Waals surface area (Å²) in [4.78, 5) is 35.4. The number of nitrogens with one attached hydrogen (secondary N) is 1. The van der Waals surface area contributed by atoms with Crippen molar-refractivity contribution in [2.24, 2.45) is 5.73 Å². The molecule has 0 saturated heterocycles. The second-order valence-electron chi connectivity index (χ2n) is 5.18. The predicted molar refractivity (Wildman–Crippen MR) is 95.9 cm³/mol. The van der Waals surface area contributed by atoms with Gasteiger partial charge in [0.1, 0.15) is 5.00 Å². The summed E-state index contributed by atoms with van der Waals surface area (Å²) in [6.45, 7) is -0.524. The molecule has 8 heteroatoms. The highest BCUT2D eigenvalue weighted by molar-refractivity contribution is 7.14. The van der Waals surface area contributed by atoms with Crippen LogP contribution < -0.4 is 11.1 Å². The molecule has 3 aromatic rings. The zero-order chi connectivity index (χ0) is 18.5. The van der Waals surface area contributed by atoms with Crippen LogP contribution in [0.25, 0.3) is 11.1 Å². The minimum atomic E-state index is -0.759. The molecule has 0 saturated carbocycles. The average Bonchev–Trinajstić information content (AvgIpc) is 3.29. The normalized spacial score (nSPS) is 10.3. The number of furan rings is 1. The Bertz CT molecular complexity index is 945. The maximum Gasteiger partial charge on any atom is 0.375 e. The number of carbonyl (C=O) groups is 3. The van der Waals surface area contributed by atoms with Crippen molar-refractivity contribution < 1.29 is 23.5 Å². The standard InChI is InChI=1S/C18H14N2O5S/c19-16(22)13-7-9-26-17(13)20-14(21)10-25-18(23)15-12(6-8-24-15)11-4-2-1-3-5-11/h1-9H,10H2,(H2,19,22)(H,20,21). The number of thiophene rings is 1. The van der Waals surface area contributed by atoms with E-state index in [-0.39, 0.29) is 11.3 Å². The van der Waals surface area contributed by atoms with Gasteiger partial charge in [0, 0.05) is 5.56 Å². The van der Waals surface area contributed by atoms with Gasteiger partial charge in [0.15, 0.2) is 6.61 Å². The van der Waals surface area contributed by atoms with Crippen LogP contribution in [0, 0.1) is 0 Å². The fraction of sp³-hybridized carbons (Fsp3) is 0.0556. The topological polar surface area (TPSA) is 112 Å². The largest absolute Gasteiger partial charge is 0.457 e. The number of amides is 2. The van der Waals surface area contributed by atoms with Crippen molar-refractivity contribution in [2.75, 3.05) is 11.9 Å². The quantitative estimate of drug-likeness (QED) is 0.648. The fourth-order valence-electron chi connectivity index (χ4n) is 2.27. The van der Waals surface area contributed by atoms with Crippen molar-refractivity contribution in [3.63, 3.8) is 0 Å². The number of hydrogen-bond donors (Lipinski definition) is 2. The lowest BCUT2D eigenvalue weighted by Gasteiger charge is -2.06. The molecule has 0 fully saturated rings. The van der Waals surface area contributed by atoms with E-state index in [4.69, 9.17) is 14.9 Å². The number of rotatable bonds is 6. The lowest BCUT2D eigenvalue weighted by atomic mass is 10.1. The van der Waals surface area contributed by atoms with E-state index in [0.29, 0.717) is 10.6 Å². The van der Waals surface area contributed by atoms with Crippen LogP contribution in [-0.4, -0.2) is 24.4 Å². The van der Waals surface area contributed by atoms with Gasteiger partial charge in [-0.3, -0.25) is 9.59 Å². The first-order valence-corrected chi connectivity index (χ1v) is 8.41. The third-order valence-electron chi connectivity index (χ3n) is 3.45. The van der Waals surface area contributed by atoms with Crippen LogP contribution in [0.1, 0.15) is 20.9 Å². The molecular weight excluding hydrogens is 356 g/mol. The highest BCUT2D eigenvalue weighted by Gasteiger charge is 2.20. The number of carbonyl (C=O) groups excluding carboxylic acids is 3. The summed E-state index contributed by atoms with van der Waals surface area (Å²) in [5.74, 6) is -1.99. The Morgan fingerprint density at radius 2 is 1.88 bits per heavy atom. The molecule has 0 radical (unpaired) electrons. The first-order chi connectivity index (χ1) is 12.6. The Morgan fingerprint density at radius 1 is 1.12 bits per heavy atom. The Kier molecular flexibility index (Phi) is 5.14. The molecule has 0 aliphatic carbocycles. The fourth-order valence-corrected chi connectivity index (χ4v) is 3.08. The molecule has 0 atom stereocenters. The molecule has 2 aromatic heterocycles. The van der Waals surface area contributed by atoms with E-state index >= 15 is 0 Å². The highest BCUT2D eigenvalue weighted by atomic mass is 32.1. The van der Waals surface area contributed by atoms with Crippen LogP contribution in [0.5, 0.6) is 0 Å². The number of anilines is 1. The van der Waals surface area contributed by atoms with Gasteiger partial charge in [-0.15, -0.1) is 11.3 Å². The van der Waals surface area contributed by atoms with Gasteiger partial charge in [-0.1, -0.05) is 30.3 Å². The molecule has 3 rings (SSSR count). The summed E-state index contributed by atoms with van der Waals surface area (Å²) in [5.41, 5.74) is 6.78. The molecule has 0 bridgehead atoms. The Hall–Kier alpha value is -3.39. The number of esters is 1. The summed E-state index contributed by atoms with van der Waals surface area (Å²) in [6.07, 6.45) is 1.38. The van der Waals surface area contributed by atoms with Gasteiger partial charge >= 0.3 is 5.97 Å². The van der Waals surface area contributed by atoms with E-state index in [9.17, 15) is 14.4 Å². The minimum Gasteiger partial charge on any atom is -0.457 e. The van der Waals surface area contributed by atoms with Gasteiger partial charge in [-0.05, 0) is 23.1 Å². The van der Waals surface area contributed by atoms with E-state index < -0.39 is 24.4 Å². The van der Waals surface area contributed by atoms with Crippen LogP contribution in [0.4, 0.5) is 5.00 Å². The number of nitrogens with two attached hydrogens (primary N) is 1. The minimum absolute atomic E-state index is 0.0120. The van der Waals surface area contributed by atoms with E-state index in [1.54, 1.807) is 11.4 Å². The van der Waals surface area contributed by atoms with Crippen LogP contribution >= 0.6 is 11.3 Å². The molecule has 2 amide bonds. The summed E-state index contributed by atoms with van der Waals surface area (Å²) in [6, 6.07) is 12.3. The predicted octanol–water partition coefficient (Wildman–Crippen LogP) is 2.90. The first kappa shape index (κ1) is 17.4. The van der Waals surface area contributed by atoms with Gasteiger partial charge in [-0.2, -0.15) is 0 Å². The zero-order valence-electron chi connectivity index (χ0n) is 13.4. The summed E-state index contributed by atoms with van der Waals surface area (Å²) >= 11 is 1.15. The van der Waals surface area contributed by atoms with E-state index in [1.807, 2.05) is 30.3 Å². The van der Waals surface area contributed by atoms with Gasteiger partial charge in [0.2, 0.25) is 5.76 Å². The van der Waals surface area contributed by atoms with Gasteiger partial charge in [0.25, 0.3) is 11.8 Å². The smallest absolute Gasteiger partial charge is 0.375 e. The number of ether oxygens (including phenoxy) is 1.